The second-order valence-electron chi connectivity index (χ2n) is 6.37. The van der Waals surface area contributed by atoms with Crippen molar-refractivity contribution in [3.05, 3.63) is 69.4 Å². The van der Waals surface area contributed by atoms with Crippen LogP contribution in [0.1, 0.15) is 39.5 Å². The van der Waals surface area contributed by atoms with Crippen molar-refractivity contribution in [2.75, 3.05) is 5.32 Å². The SMILES string of the molecule is O=C(Nc1sccc1C(=O)NC1CC1)c1ccc(COc2ccc(Br)cc2)o1. The summed E-state index contributed by atoms with van der Waals surface area (Å²) in [5.41, 5.74) is 0.468. The number of anilines is 1. The van der Waals surface area contributed by atoms with Crippen molar-refractivity contribution in [3.8, 4) is 5.75 Å². The van der Waals surface area contributed by atoms with Crippen LogP contribution < -0.4 is 15.4 Å². The second-order valence-corrected chi connectivity index (χ2v) is 8.21. The quantitative estimate of drug-likeness (QED) is 0.529. The third kappa shape index (κ3) is 4.63. The number of nitrogens with one attached hydrogen (secondary N) is 2. The number of halogens is 1. The van der Waals surface area contributed by atoms with Gasteiger partial charge in [0.2, 0.25) is 0 Å². The van der Waals surface area contributed by atoms with Crippen molar-refractivity contribution in [1.29, 1.82) is 0 Å². The third-order valence-electron chi connectivity index (χ3n) is 4.13. The molecule has 0 unspecified atom stereocenters. The number of thiophene rings is 1. The van der Waals surface area contributed by atoms with E-state index in [4.69, 9.17) is 9.15 Å². The minimum Gasteiger partial charge on any atom is -0.486 e. The molecule has 1 fully saturated rings. The van der Waals surface area contributed by atoms with E-state index < -0.39 is 5.91 Å². The number of amides is 2. The largest absolute Gasteiger partial charge is 0.486 e. The zero-order chi connectivity index (χ0) is 19.5. The van der Waals surface area contributed by atoms with Crippen LogP contribution in [0, 0.1) is 0 Å². The lowest BCUT2D eigenvalue weighted by Gasteiger charge is -2.06. The Morgan fingerprint density at radius 3 is 2.64 bits per heavy atom. The summed E-state index contributed by atoms with van der Waals surface area (Å²) in [7, 11) is 0. The van der Waals surface area contributed by atoms with Crippen LogP contribution >= 0.6 is 27.3 Å². The van der Waals surface area contributed by atoms with E-state index in [0.717, 1.165) is 17.3 Å². The number of hydrogen-bond donors (Lipinski definition) is 2. The lowest BCUT2D eigenvalue weighted by Crippen LogP contribution is -2.26. The third-order valence-corrected chi connectivity index (χ3v) is 5.49. The summed E-state index contributed by atoms with van der Waals surface area (Å²) in [6.45, 7) is 0.211. The summed E-state index contributed by atoms with van der Waals surface area (Å²) in [5, 5.41) is 7.96. The van der Waals surface area contributed by atoms with Crippen molar-refractivity contribution in [2.24, 2.45) is 0 Å². The van der Waals surface area contributed by atoms with E-state index in [1.165, 1.54) is 11.3 Å². The van der Waals surface area contributed by atoms with Crippen LogP contribution in [0.25, 0.3) is 0 Å². The van der Waals surface area contributed by atoms with E-state index in [1.54, 1.807) is 23.6 Å². The van der Waals surface area contributed by atoms with Gasteiger partial charge in [0.25, 0.3) is 11.8 Å². The predicted molar refractivity (Wildman–Crippen MR) is 110 cm³/mol. The van der Waals surface area contributed by atoms with E-state index in [0.29, 0.717) is 22.1 Å². The van der Waals surface area contributed by atoms with Gasteiger partial charge in [0.15, 0.2) is 5.76 Å². The molecule has 0 aliphatic heterocycles. The molecule has 1 aliphatic carbocycles. The molecule has 3 aromatic rings. The fourth-order valence-electron chi connectivity index (χ4n) is 2.50. The van der Waals surface area contributed by atoms with Crippen LogP contribution in [0.15, 0.2) is 56.7 Å². The second kappa shape index (κ2) is 8.20. The summed E-state index contributed by atoms with van der Waals surface area (Å²) < 4.78 is 12.2. The molecule has 0 bridgehead atoms. The summed E-state index contributed by atoms with van der Waals surface area (Å²) in [5.74, 6) is 0.831. The zero-order valence-electron chi connectivity index (χ0n) is 14.7. The first-order valence-corrected chi connectivity index (χ1v) is 10.4. The number of furan rings is 1. The molecule has 1 aliphatic rings. The Morgan fingerprint density at radius 2 is 1.89 bits per heavy atom. The highest BCUT2D eigenvalue weighted by Gasteiger charge is 2.26. The van der Waals surface area contributed by atoms with Gasteiger partial charge in [-0.25, -0.2) is 0 Å². The van der Waals surface area contributed by atoms with E-state index in [2.05, 4.69) is 26.6 Å². The fraction of sp³-hybridized carbons (Fsp3) is 0.200. The van der Waals surface area contributed by atoms with Crippen LogP contribution in [0.4, 0.5) is 5.00 Å². The minimum absolute atomic E-state index is 0.163. The first kappa shape index (κ1) is 18.8. The maximum atomic E-state index is 12.5. The molecule has 6 nitrogen and oxygen atoms in total. The standard InChI is InChI=1S/C20H17BrN2O4S/c21-12-1-5-14(6-2-12)26-11-15-7-8-17(27-15)19(25)23-20-16(9-10-28-20)18(24)22-13-3-4-13/h1-2,5-10,13H,3-4,11H2,(H,22,24)(H,23,25). The molecule has 0 atom stereocenters. The van der Waals surface area contributed by atoms with E-state index >= 15 is 0 Å². The molecule has 28 heavy (non-hydrogen) atoms. The van der Waals surface area contributed by atoms with Gasteiger partial charge in [-0.05, 0) is 60.7 Å². The average molecular weight is 461 g/mol. The number of carbonyl (C=O) groups excluding carboxylic acids is 2. The first-order valence-electron chi connectivity index (χ1n) is 8.75. The number of benzene rings is 1. The van der Waals surface area contributed by atoms with Gasteiger partial charge in [0, 0.05) is 10.5 Å². The molecule has 0 spiro atoms. The van der Waals surface area contributed by atoms with Crippen molar-refractivity contribution >= 4 is 44.1 Å². The Bertz CT molecular complexity index is 992. The topological polar surface area (TPSA) is 80.6 Å². The molecule has 4 rings (SSSR count). The summed E-state index contributed by atoms with van der Waals surface area (Å²) in [6, 6.07) is 12.7. The Hall–Kier alpha value is -2.58. The van der Waals surface area contributed by atoms with Crippen molar-refractivity contribution < 1.29 is 18.7 Å². The van der Waals surface area contributed by atoms with E-state index in [1.807, 2.05) is 24.3 Å². The molecule has 2 aromatic heterocycles. The highest BCUT2D eigenvalue weighted by molar-refractivity contribution is 9.10. The van der Waals surface area contributed by atoms with Crippen LogP contribution in [0.2, 0.25) is 0 Å². The fourth-order valence-corrected chi connectivity index (χ4v) is 3.55. The Balaban J connectivity index is 1.36. The molecule has 1 aromatic carbocycles. The van der Waals surface area contributed by atoms with Crippen molar-refractivity contribution in [2.45, 2.75) is 25.5 Å². The highest BCUT2D eigenvalue weighted by Crippen LogP contribution is 2.26. The molecule has 144 valence electrons. The minimum atomic E-state index is -0.405. The number of hydrogen-bond acceptors (Lipinski definition) is 5. The number of ether oxygens (including phenoxy) is 1. The van der Waals surface area contributed by atoms with Gasteiger partial charge in [0.05, 0.1) is 5.56 Å². The predicted octanol–water partition coefficient (Wildman–Crippen LogP) is 4.83. The average Bonchev–Trinajstić information content (AvgIpc) is 3.18. The monoisotopic (exact) mass is 460 g/mol. The number of carbonyl (C=O) groups is 2. The van der Waals surface area contributed by atoms with Gasteiger partial charge in [-0.2, -0.15) is 0 Å². The molecule has 0 saturated heterocycles. The molecular weight excluding hydrogens is 444 g/mol. The molecular formula is C20H17BrN2O4S. The highest BCUT2D eigenvalue weighted by atomic mass is 79.9. The maximum Gasteiger partial charge on any atom is 0.291 e. The molecule has 1 saturated carbocycles. The Labute approximate surface area is 174 Å². The summed E-state index contributed by atoms with van der Waals surface area (Å²) >= 11 is 4.67. The van der Waals surface area contributed by atoms with E-state index in [9.17, 15) is 9.59 Å². The smallest absolute Gasteiger partial charge is 0.291 e. The summed E-state index contributed by atoms with van der Waals surface area (Å²) in [4.78, 5) is 24.7. The lowest BCUT2D eigenvalue weighted by molar-refractivity contribution is 0.0952. The van der Waals surface area contributed by atoms with Gasteiger partial charge in [-0.3, -0.25) is 9.59 Å². The first-order chi connectivity index (χ1) is 13.6. The Morgan fingerprint density at radius 1 is 1.11 bits per heavy atom. The van der Waals surface area contributed by atoms with Gasteiger partial charge in [-0.15, -0.1) is 11.3 Å². The zero-order valence-corrected chi connectivity index (χ0v) is 17.1. The van der Waals surface area contributed by atoms with Crippen LogP contribution in [0.3, 0.4) is 0 Å². The maximum absolute atomic E-state index is 12.5. The van der Waals surface area contributed by atoms with Crippen LogP contribution in [0.5, 0.6) is 5.75 Å². The van der Waals surface area contributed by atoms with Crippen molar-refractivity contribution in [1.82, 2.24) is 5.32 Å². The molecule has 2 N–H and O–H groups in total. The van der Waals surface area contributed by atoms with E-state index in [-0.39, 0.29) is 24.3 Å². The van der Waals surface area contributed by atoms with Crippen LogP contribution in [-0.2, 0) is 6.61 Å². The lowest BCUT2D eigenvalue weighted by atomic mass is 10.3. The molecule has 2 heterocycles. The molecule has 0 radical (unpaired) electrons. The summed E-state index contributed by atoms with van der Waals surface area (Å²) in [6.07, 6.45) is 2.02. The van der Waals surface area contributed by atoms with Crippen LogP contribution in [-0.4, -0.2) is 17.9 Å². The Kier molecular flexibility index (Phi) is 5.50. The van der Waals surface area contributed by atoms with Gasteiger partial charge < -0.3 is 19.8 Å². The van der Waals surface area contributed by atoms with Gasteiger partial charge in [-0.1, -0.05) is 15.9 Å². The van der Waals surface area contributed by atoms with Crippen molar-refractivity contribution in [3.63, 3.8) is 0 Å². The molecule has 2 amide bonds. The molecule has 8 heteroatoms. The normalized spacial score (nSPS) is 13.2. The van der Waals surface area contributed by atoms with Gasteiger partial charge >= 0.3 is 0 Å². The van der Waals surface area contributed by atoms with Gasteiger partial charge in [0.1, 0.15) is 23.1 Å². The number of rotatable bonds is 7.